The van der Waals surface area contributed by atoms with Crippen LogP contribution >= 0.6 is 11.6 Å². The molecule has 5 nitrogen and oxygen atoms in total. The van der Waals surface area contributed by atoms with Crippen molar-refractivity contribution in [2.24, 2.45) is 17.6 Å². The van der Waals surface area contributed by atoms with Crippen molar-refractivity contribution in [1.29, 1.82) is 0 Å². The van der Waals surface area contributed by atoms with Crippen molar-refractivity contribution in [2.45, 2.75) is 43.9 Å². The maximum Gasteiger partial charge on any atom is 0.391 e. The Labute approximate surface area is 164 Å². The fourth-order valence-electron chi connectivity index (χ4n) is 4.12. The lowest BCUT2D eigenvalue weighted by Gasteiger charge is -2.39. The summed E-state index contributed by atoms with van der Waals surface area (Å²) in [6.07, 6.45) is -3.85. The number of amides is 3. The molecule has 0 radical (unpaired) electrons. The van der Waals surface area contributed by atoms with Crippen LogP contribution < -0.4 is 11.1 Å². The van der Waals surface area contributed by atoms with E-state index in [0.29, 0.717) is 5.56 Å². The molecule has 2 aliphatic rings. The van der Waals surface area contributed by atoms with Gasteiger partial charge in [0.1, 0.15) is 11.9 Å². The summed E-state index contributed by atoms with van der Waals surface area (Å²) in [6.45, 7) is -0.00692. The molecule has 1 aromatic rings. The Balaban J connectivity index is 1.89. The molecule has 3 rings (SSSR count). The molecule has 3 amide bonds. The molecule has 3 N–H and O–H groups in total. The van der Waals surface area contributed by atoms with E-state index in [-0.39, 0.29) is 43.2 Å². The fourth-order valence-corrected chi connectivity index (χ4v) is 4.31. The summed E-state index contributed by atoms with van der Waals surface area (Å²) in [6, 6.07) is 1.95. The molecule has 0 spiro atoms. The number of primary amides is 1. The fraction of sp³-hybridized carbons (Fsp3) is 0.556. The number of nitrogens with one attached hydrogen (secondary N) is 1. The Morgan fingerprint density at radius 2 is 1.89 bits per heavy atom. The van der Waals surface area contributed by atoms with Gasteiger partial charge < -0.3 is 16.0 Å². The number of benzene rings is 1. The summed E-state index contributed by atoms with van der Waals surface area (Å²) in [4.78, 5) is 25.3. The first-order valence-corrected chi connectivity index (χ1v) is 9.34. The Hall–Kier alpha value is -2.03. The number of hydrogen-bond acceptors (Lipinski definition) is 2. The van der Waals surface area contributed by atoms with E-state index >= 15 is 0 Å². The lowest BCUT2D eigenvalue weighted by Crippen LogP contribution is -2.39. The molecule has 1 saturated carbocycles. The summed E-state index contributed by atoms with van der Waals surface area (Å²) in [5.41, 5.74) is 5.79. The number of carbonyl (C=O) groups is 2. The summed E-state index contributed by atoms with van der Waals surface area (Å²) < 4.78 is 52.6. The topological polar surface area (TPSA) is 75.4 Å². The van der Waals surface area contributed by atoms with Crippen molar-refractivity contribution in [3.8, 4) is 0 Å². The summed E-state index contributed by atoms with van der Waals surface area (Å²) in [5, 5.41) is 2.34. The highest BCUT2D eigenvalue weighted by molar-refractivity contribution is 6.30. The van der Waals surface area contributed by atoms with E-state index in [2.05, 4.69) is 5.32 Å². The highest BCUT2D eigenvalue weighted by atomic mass is 35.5. The van der Waals surface area contributed by atoms with Crippen molar-refractivity contribution in [1.82, 2.24) is 10.2 Å². The van der Waals surface area contributed by atoms with Crippen molar-refractivity contribution in [2.75, 3.05) is 6.54 Å². The van der Waals surface area contributed by atoms with Gasteiger partial charge in [-0.3, -0.25) is 4.79 Å². The van der Waals surface area contributed by atoms with Gasteiger partial charge in [0.05, 0.1) is 23.5 Å². The predicted molar refractivity (Wildman–Crippen MR) is 93.9 cm³/mol. The van der Waals surface area contributed by atoms with Gasteiger partial charge in [0.25, 0.3) is 0 Å². The van der Waals surface area contributed by atoms with Gasteiger partial charge >= 0.3 is 12.2 Å². The van der Waals surface area contributed by atoms with Crippen molar-refractivity contribution in [3.63, 3.8) is 0 Å². The molecule has 2 fully saturated rings. The zero-order chi connectivity index (χ0) is 20.6. The number of carbonyl (C=O) groups excluding carboxylic acids is 2. The van der Waals surface area contributed by atoms with E-state index in [1.165, 1.54) is 17.0 Å². The van der Waals surface area contributed by atoms with Gasteiger partial charge in [-0.1, -0.05) is 17.7 Å². The molecule has 1 unspecified atom stereocenters. The third-order valence-corrected chi connectivity index (χ3v) is 5.87. The van der Waals surface area contributed by atoms with Gasteiger partial charge in [-0.2, -0.15) is 13.2 Å². The van der Waals surface area contributed by atoms with Crippen LogP contribution in [0.4, 0.5) is 22.4 Å². The van der Waals surface area contributed by atoms with E-state index in [9.17, 15) is 27.2 Å². The lowest BCUT2D eigenvalue weighted by atomic mass is 9.76. The third-order valence-electron chi connectivity index (χ3n) is 5.58. The van der Waals surface area contributed by atoms with E-state index in [0.717, 1.165) is 6.07 Å². The molecular weight excluding hydrogens is 402 g/mol. The third kappa shape index (κ3) is 4.19. The highest BCUT2D eigenvalue weighted by Crippen LogP contribution is 2.45. The number of urea groups is 1. The van der Waals surface area contributed by atoms with Gasteiger partial charge in [0.2, 0.25) is 5.91 Å². The van der Waals surface area contributed by atoms with Crippen LogP contribution in [0.3, 0.4) is 0 Å². The van der Waals surface area contributed by atoms with Gasteiger partial charge in [-0.25, -0.2) is 9.18 Å². The average molecular weight is 422 g/mol. The number of hydrogen-bond donors (Lipinski definition) is 2. The smallest absolute Gasteiger partial charge is 0.368 e. The SMILES string of the molecule is NC(=O)C1CN([C@H](c2ccc(F)c(Cl)c2)C2CCC(C(F)(F)F)CC2)C(=O)N1. The van der Waals surface area contributed by atoms with E-state index in [1.807, 2.05) is 0 Å². The number of halogens is 5. The van der Waals surface area contributed by atoms with Gasteiger partial charge in [-0.05, 0) is 49.3 Å². The molecule has 28 heavy (non-hydrogen) atoms. The predicted octanol–water partition coefficient (Wildman–Crippen LogP) is 3.77. The molecule has 154 valence electrons. The maximum atomic E-state index is 13.6. The monoisotopic (exact) mass is 421 g/mol. The lowest BCUT2D eigenvalue weighted by molar-refractivity contribution is -0.185. The number of rotatable bonds is 4. The quantitative estimate of drug-likeness (QED) is 0.726. The Morgan fingerprint density at radius 1 is 1.25 bits per heavy atom. The van der Waals surface area contributed by atoms with Crippen LogP contribution in [0.2, 0.25) is 5.02 Å². The van der Waals surface area contributed by atoms with Gasteiger partial charge in [-0.15, -0.1) is 0 Å². The standard InChI is InChI=1S/C18H20ClF4N3O2/c19-12-7-10(3-6-13(12)20)15(26-8-14(16(24)27)25-17(26)28)9-1-4-11(5-2-9)18(21,22)23/h3,6-7,9,11,14-15H,1-2,4-5,8H2,(H2,24,27)(H,25,28)/t9?,11?,14?,15-/m0/s1. The molecule has 0 bridgehead atoms. The van der Waals surface area contributed by atoms with Crippen molar-refractivity contribution in [3.05, 3.63) is 34.6 Å². The maximum absolute atomic E-state index is 13.6. The van der Waals surface area contributed by atoms with Crippen LogP contribution in [0.25, 0.3) is 0 Å². The zero-order valence-electron chi connectivity index (χ0n) is 14.8. The van der Waals surface area contributed by atoms with Gasteiger partial charge in [0, 0.05) is 0 Å². The minimum atomic E-state index is -4.25. The second-order valence-electron chi connectivity index (χ2n) is 7.33. The highest BCUT2D eigenvalue weighted by Gasteiger charge is 2.45. The van der Waals surface area contributed by atoms with Gasteiger partial charge in [0.15, 0.2) is 0 Å². The Morgan fingerprint density at radius 3 is 2.39 bits per heavy atom. The normalized spacial score (nSPS) is 26.8. The van der Waals surface area contributed by atoms with E-state index in [1.54, 1.807) is 0 Å². The molecule has 1 saturated heterocycles. The first-order chi connectivity index (χ1) is 13.1. The number of nitrogens with two attached hydrogens (primary N) is 1. The van der Waals surface area contributed by atoms with Crippen LogP contribution in [0.1, 0.15) is 37.3 Å². The minimum Gasteiger partial charge on any atom is -0.368 e. The average Bonchev–Trinajstić information content (AvgIpc) is 3.00. The van der Waals surface area contributed by atoms with E-state index < -0.39 is 41.9 Å². The van der Waals surface area contributed by atoms with Crippen LogP contribution in [0.5, 0.6) is 0 Å². The second-order valence-corrected chi connectivity index (χ2v) is 7.74. The van der Waals surface area contributed by atoms with E-state index in [4.69, 9.17) is 17.3 Å². The van der Waals surface area contributed by atoms with Crippen LogP contribution in [0.15, 0.2) is 18.2 Å². The molecule has 2 atom stereocenters. The molecule has 1 aliphatic carbocycles. The van der Waals surface area contributed by atoms with Crippen LogP contribution in [-0.2, 0) is 4.79 Å². The Bertz CT molecular complexity index is 766. The molecule has 10 heteroatoms. The molecule has 1 aliphatic heterocycles. The number of alkyl halides is 3. The largest absolute Gasteiger partial charge is 0.391 e. The van der Waals surface area contributed by atoms with Crippen molar-refractivity contribution >= 4 is 23.5 Å². The zero-order valence-corrected chi connectivity index (χ0v) is 15.6. The molecular formula is C18H20ClF4N3O2. The summed E-state index contributed by atoms with van der Waals surface area (Å²) in [5.74, 6) is -2.98. The number of nitrogens with zero attached hydrogens (tertiary/aromatic N) is 1. The van der Waals surface area contributed by atoms with Crippen molar-refractivity contribution < 1.29 is 27.2 Å². The van der Waals surface area contributed by atoms with Crippen LogP contribution in [0, 0.1) is 17.7 Å². The second kappa shape index (κ2) is 7.77. The molecule has 1 heterocycles. The molecule has 1 aromatic carbocycles. The Kier molecular flexibility index (Phi) is 5.74. The summed E-state index contributed by atoms with van der Waals surface area (Å²) >= 11 is 5.89. The first-order valence-electron chi connectivity index (χ1n) is 8.96. The summed E-state index contributed by atoms with van der Waals surface area (Å²) in [7, 11) is 0. The molecule has 0 aromatic heterocycles. The van der Waals surface area contributed by atoms with Crippen LogP contribution in [-0.4, -0.2) is 35.6 Å². The first kappa shape index (κ1) is 20.7. The minimum absolute atomic E-state index is 0.00692.